The third-order valence-corrected chi connectivity index (χ3v) is 1.60. The summed E-state index contributed by atoms with van der Waals surface area (Å²) in [5.74, 6) is -0.461. The Balaban J connectivity index is 3.11. The van der Waals surface area contributed by atoms with Gasteiger partial charge in [-0.25, -0.2) is 0 Å². The van der Waals surface area contributed by atoms with E-state index in [1.165, 1.54) is 0 Å². The molecule has 0 aliphatic heterocycles. The van der Waals surface area contributed by atoms with Crippen molar-refractivity contribution in [1.82, 2.24) is 0 Å². The predicted octanol–water partition coefficient (Wildman–Crippen LogP) is -0.758. The molecular formula is C8H18N2O3. The zero-order valence-corrected chi connectivity index (χ0v) is 7.99. The lowest BCUT2D eigenvalue weighted by Crippen LogP contribution is -2.36. The molecule has 0 saturated carbocycles. The van der Waals surface area contributed by atoms with Crippen molar-refractivity contribution in [3.8, 4) is 0 Å². The second-order valence-electron chi connectivity index (χ2n) is 2.76. The van der Waals surface area contributed by atoms with Crippen LogP contribution in [0.2, 0.25) is 0 Å². The van der Waals surface area contributed by atoms with Gasteiger partial charge >= 0.3 is 0 Å². The quantitative estimate of drug-likeness (QED) is 0.492. The van der Waals surface area contributed by atoms with E-state index < -0.39 is 11.9 Å². The first-order valence-corrected chi connectivity index (χ1v) is 4.30. The zero-order chi connectivity index (χ0) is 10.1. The molecule has 0 bridgehead atoms. The van der Waals surface area contributed by atoms with Gasteiger partial charge in [0.2, 0.25) is 5.91 Å². The Morgan fingerprint density at radius 1 is 1.38 bits per heavy atom. The standard InChI is InChI=1S/C8H18N2O3/c1-12-5-6-13-4-2-3-7(9)8(10)11/h7H,2-6,9H2,1H3,(H2,10,11). The summed E-state index contributed by atoms with van der Waals surface area (Å²) < 4.78 is 9.96. The molecule has 0 fully saturated rings. The van der Waals surface area contributed by atoms with E-state index in [1.807, 2.05) is 0 Å². The molecule has 1 amide bonds. The maximum atomic E-state index is 10.5. The van der Waals surface area contributed by atoms with Gasteiger partial charge in [0.15, 0.2) is 0 Å². The highest BCUT2D eigenvalue weighted by atomic mass is 16.5. The van der Waals surface area contributed by atoms with Crippen LogP contribution in [0.15, 0.2) is 0 Å². The number of nitrogens with two attached hydrogens (primary N) is 2. The van der Waals surface area contributed by atoms with Crippen LogP contribution in [0.5, 0.6) is 0 Å². The van der Waals surface area contributed by atoms with Crippen molar-refractivity contribution < 1.29 is 14.3 Å². The number of primary amides is 1. The lowest BCUT2D eigenvalue weighted by Gasteiger charge is -2.07. The van der Waals surface area contributed by atoms with E-state index in [0.29, 0.717) is 26.2 Å². The molecule has 0 heterocycles. The minimum absolute atomic E-state index is 0.461. The summed E-state index contributed by atoms with van der Waals surface area (Å²) in [6.45, 7) is 1.74. The number of amides is 1. The fraction of sp³-hybridized carbons (Fsp3) is 0.875. The number of ether oxygens (including phenoxy) is 2. The topological polar surface area (TPSA) is 87.6 Å². The van der Waals surface area contributed by atoms with Crippen LogP contribution in [0, 0.1) is 0 Å². The number of carbonyl (C=O) groups is 1. The molecule has 1 atom stereocenters. The molecule has 0 radical (unpaired) electrons. The molecule has 0 saturated heterocycles. The van der Waals surface area contributed by atoms with Gasteiger partial charge in [-0.2, -0.15) is 0 Å². The third-order valence-electron chi connectivity index (χ3n) is 1.60. The van der Waals surface area contributed by atoms with Crippen molar-refractivity contribution in [1.29, 1.82) is 0 Å². The van der Waals surface area contributed by atoms with Gasteiger partial charge in [0, 0.05) is 13.7 Å². The molecular weight excluding hydrogens is 172 g/mol. The number of carbonyl (C=O) groups excluding carboxylic acids is 1. The van der Waals surface area contributed by atoms with Crippen LogP contribution >= 0.6 is 0 Å². The molecule has 5 nitrogen and oxygen atoms in total. The zero-order valence-electron chi connectivity index (χ0n) is 7.99. The normalized spacial score (nSPS) is 12.8. The Bertz CT molecular complexity index is 141. The van der Waals surface area contributed by atoms with Gasteiger partial charge in [0.05, 0.1) is 19.3 Å². The summed E-state index contributed by atoms with van der Waals surface area (Å²) in [5.41, 5.74) is 10.4. The average Bonchev–Trinajstić information content (AvgIpc) is 2.10. The van der Waals surface area contributed by atoms with Crippen molar-refractivity contribution >= 4 is 5.91 Å². The van der Waals surface area contributed by atoms with Gasteiger partial charge < -0.3 is 20.9 Å². The molecule has 1 unspecified atom stereocenters. The van der Waals surface area contributed by atoms with E-state index in [1.54, 1.807) is 7.11 Å². The Labute approximate surface area is 78.4 Å². The Morgan fingerprint density at radius 2 is 2.08 bits per heavy atom. The highest BCUT2D eigenvalue weighted by molar-refractivity contribution is 5.79. The number of rotatable bonds is 8. The van der Waals surface area contributed by atoms with Crippen LogP contribution in [0.1, 0.15) is 12.8 Å². The van der Waals surface area contributed by atoms with Crippen LogP contribution < -0.4 is 11.5 Å². The van der Waals surface area contributed by atoms with Crippen LogP contribution in [-0.4, -0.2) is 38.9 Å². The molecule has 0 aromatic heterocycles. The average molecular weight is 190 g/mol. The fourth-order valence-electron chi connectivity index (χ4n) is 0.792. The van der Waals surface area contributed by atoms with E-state index >= 15 is 0 Å². The van der Waals surface area contributed by atoms with Crippen LogP contribution in [0.3, 0.4) is 0 Å². The van der Waals surface area contributed by atoms with Crippen molar-refractivity contribution in [2.75, 3.05) is 26.9 Å². The van der Waals surface area contributed by atoms with Gasteiger partial charge in [0.25, 0.3) is 0 Å². The number of hydrogen-bond acceptors (Lipinski definition) is 4. The van der Waals surface area contributed by atoms with E-state index in [9.17, 15) is 4.79 Å². The molecule has 78 valence electrons. The Hall–Kier alpha value is -0.650. The maximum absolute atomic E-state index is 10.5. The van der Waals surface area contributed by atoms with E-state index in [2.05, 4.69) is 0 Å². The number of methoxy groups -OCH3 is 1. The van der Waals surface area contributed by atoms with Gasteiger partial charge in [0.1, 0.15) is 0 Å². The highest BCUT2D eigenvalue weighted by Crippen LogP contribution is 1.94. The van der Waals surface area contributed by atoms with Crippen molar-refractivity contribution in [2.45, 2.75) is 18.9 Å². The van der Waals surface area contributed by atoms with Gasteiger partial charge in [-0.3, -0.25) is 4.79 Å². The summed E-state index contributed by atoms with van der Waals surface area (Å²) in [4.78, 5) is 10.5. The van der Waals surface area contributed by atoms with E-state index in [-0.39, 0.29) is 0 Å². The Kier molecular flexibility index (Phi) is 7.57. The van der Waals surface area contributed by atoms with Crippen LogP contribution in [0.4, 0.5) is 0 Å². The minimum atomic E-state index is -0.550. The highest BCUT2D eigenvalue weighted by Gasteiger charge is 2.07. The minimum Gasteiger partial charge on any atom is -0.382 e. The molecule has 13 heavy (non-hydrogen) atoms. The first kappa shape index (κ1) is 12.3. The maximum Gasteiger partial charge on any atom is 0.234 e. The van der Waals surface area contributed by atoms with Gasteiger partial charge in [-0.05, 0) is 12.8 Å². The summed E-state index contributed by atoms with van der Waals surface area (Å²) in [5, 5.41) is 0. The van der Waals surface area contributed by atoms with Gasteiger partial charge in [-0.1, -0.05) is 0 Å². The molecule has 0 spiro atoms. The monoisotopic (exact) mass is 190 g/mol. The summed E-state index contributed by atoms with van der Waals surface area (Å²) in [7, 11) is 1.62. The lowest BCUT2D eigenvalue weighted by molar-refractivity contribution is -0.119. The fourth-order valence-corrected chi connectivity index (χ4v) is 0.792. The van der Waals surface area contributed by atoms with Crippen molar-refractivity contribution in [3.63, 3.8) is 0 Å². The first-order valence-electron chi connectivity index (χ1n) is 4.30. The summed E-state index contributed by atoms with van der Waals surface area (Å²) >= 11 is 0. The molecule has 4 N–H and O–H groups in total. The molecule has 0 aliphatic rings. The second-order valence-corrected chi connectivity index (χ2v) is 2.76. The SMILES string of the molecule is COCCOCCCC(N)C(N)=O. The molecule has 5 heteroatoms. The van der Waals surface area contributed by atoms with Crippen LogP contribution in [0.25, 0.3) is 0 Å². The molecule has 0 aromatic rings. The molecule has 0 aliphatic carbocycles. The summed E-state index contributed by atoms with van der Waals surface area (Å²) in [6.07, 6.45) is 1.32. The van der Waals surface area contributed by atoms with Gasteiger partial charge in [-0.15, -0.1) is 0 Å². The van der Waals surface area contributed by atoms with Crippen LogP contribution in [-0.2, 0) is 14.3 Å². The Morgan fingerprint density at radius 3 is 2.62 bits per heavy atom. The van der Waals surface area contributed by atoms with Crippen molar-refractivity contribution in [2.24, 2.45) is 11.5 Å². The third kappa shape index (κ3) is 7.70. The molecule has 0 rings (SSSR count). The largest absolute Gasteiger partial charge is 0.382 e. The smallest absolute Gasteiger partial charge is 0.234 e. The lowest BCUT2D eigenvalue weighted by atomic mass is 10.2. The predicted molar refractivity (Wildman–Crippen MR) is 49.1 cm³/mol. The number of hydrogen-bond donors (Lipinski definition) is 2. The second kappa shape index (κ2) is 7.97. The van der Waals surface area contributed by atoms with Crippen molar-refractivity contribution in [3.05, 3.63) is 0 Å². The van der Waals surface area contributed by atoms with E-state index in [0.717, 1.165) is 6.42 Å². The van der Waals surface area contributed by atoms with E-state index in [4.69, 9.17) is 20.9 Å². The first-order chi connectivity index (χ1) is 6.18. The summed E-state index contributed by atoms with van der Waals surface area (Å²) in [6, 6.07) is -0.550. The molecule has 0 aromatic carbocycles.